The van der Waals surface area contributed by atoms with E-state index in [1.807, 2.05) is 87.5 Å². The van der Waals surface area contributed by atoms with Gasteiger partial charge in [0, 0.05) is 17.8 Å². The molecule has 7 rings (SSSR count). The maximum Gasteiger partial charge on any atom is 0.419 e. The molecule has 0 radical (unpaired) electrons. The molecule has 2 unspecified atom stereocenters. The molecule has 2 heterocycles. The van der Waals surface area contributed by atoms with Crippen LogP contribution in [-0.4, -0.2) is 19.3 Å². The summed E-state index contributed by atoms with van der Waals surface area (Å²) in [6.45, 7) is 6.28. The maximum atomic E-state index is 14.3. The summed E-state index contributed by atoms with van der Waals surface area (Å²) in [5.74, 6) is 1.29. The first-order valence-electron chi connectivity index (χ1n) is 15.3. The van der Waals surface area contributed by atoms with Crippen molar-refractivity contribution < 1.29 is 27.4 Å². The van der Waals surface area contributed by atoms with Gasteiger partial charge in [0.1, 0.15) is 29.0 Å². The lowest BCUT2D eigenvalue weighted by Crippen LogP contribution is -2.32. The summed E-state index contributed by atoms with van der Waals surface area (Å²) in [5.41, 5.74) is 2.97. The van der Waals surface area contributed by atoms with Crippen LogP contribution in [0.5, 0.6) is 17.2 Å². The highest BCUT2D eigenvalue weighted by Crippen LogP contribution is 2.50. The van der Waals surface area contributed by atoms with Crippen molar-refractivity contribution in [3.05, 3.63) is 137 Å². The number of rotatable bonds is 5. The molecule has 0 amide bonds. The molecule has 7 heteroatoms. The van der Waals surface area contributed by atoms with Gasteiger partial charge in [0.05, 0.1) is 18.1 Å². The number of methoxy groups -OCH3 is 1. The lowest BCUT2D eigenvalue weighted by molar-refractivity contribution is -0.138. The van der Waals surface area contributed by atoms with Crippen LogP contribution < -0.4 is 19.5 Å². The van der Waals surface area contributed by atoms with Crippen LogP contribution in [0.2, 0.25) is 0 Å². The van der Waals surface area contributed by atoms with Crippen LogP contribution in [0.1, 0.15) is 60.3 Å². The fourth-order valence-corrected chi connectivity index (χ4v) is 6.71. The summed E-state index contributed by atoms with van der Waals surface area (Å²) < 4.78 is 60.4. The average molecular weight is 622 g/mol. The predicted molar refractivity (Wildman–Crippen MR) is 176 cm³/mol. The van der Waals surface area contributed by atoms with Crippen molar-refractivity contribution >= 4 is 22.5 Å². The Labute approximate surface area is 266 Å². The average Bonchev–Trinajstić information content (AvgIpc) is 3.43. The summed E-state index contributed by atoms with van der Waals surface area (Å²) >= 11 is 0. The fourth-order valence-electron chi connectivity index (χ4n) is 6.71. The van der Waals surface area contributed by atoms with Gasteiger partial charge in [-0.2, -0.15) is 13.2 Å². The minimum Gasteiger partial charge on any atom is -0.496 e. The molecule has 1 N–H and O–H groups in total. The second-order valence-electron chi connectivity index (χ2n) is 12.8. The van der Waals surface area contributed by atoms with E-state index in [2.05, 4.69) is 29.6 Å². The standard InChI is InChI=1S/C39H34F3NO3/c1-37(2,3)46-28-14-11-26(12-15-28)38(27-13-19-36(44-4)32(22-27)39(40,41)42)23-43-33-21-25(9-17-31(33)38)34-20-16-30-29-8-6-5-7-24(29)10-18-35(30)45-34/h5-22,34,43H,23H2,1-4H3. The fraction of sp³-hybridized carbons (Fsp3) is 0.231. The minimum atomic E-state index is -4.59. The molecule has 0 aromatic heterocycles. The van der Waals surface area contributed by atoms with Gasteiger partial charge in [-0.15, -0.1) is 0 Å². The second kappa shape index (κ2) is 10.9. The number of alkyl halides is 3. The smallest absolute Gasteiger partial charge is 0.419 e. The molecule has 0 saturated carbocycles. The zero-order valence-corrected chi connectivity index (χ0v) is 26.0. The molecule has 2 atom stereocenters. The summed E-state index contributed by atoms with van der Waals surface area (Å²) in [6.07, 6.45) is -0.750. The van der Waals surface area contributed by atoms with Gasteiger partial charge < -0.3 is 19.5 Å². The van der Waals surface area contributed by atoms with E-state index in [1.54, 1.807) is 6.07 Å². The van der Waals surface area contributed by atoms with Gasteiger partial charge in [-0.1, -0.05) is 66.7 Å². The number of halogens is 3. The van der Waals surface area contributed by atoms with Crippen LogP contribution in [0.15, 0.2) is 103 Å². The van der Waals surface area contributed by atoms with Gasteiger partial charge >= 0.3 is 6.18 Å². The van der Waals surface area contributed by atoms with Crippen molar-refractivity contribution in [2.75, 3.05) is 19.0 Å². The van der Waals surface area contributed by atoms with Crippen molar-refractivity contribution in [3.63, 3.8) is 0 Å². The maximum absolute atomic E-state index is 14.3. The predicted octanol–water partition coefficient (Wildman–Crippen LogP) is 9.95. The molecule has 0 bridgehead atoms. The van der Waals surface area contributed by atoms with Gasteiger partial charge in [0.15, 0.2) is 0 Å². The van der Waals surface area contributed by atoms with Crippen molar-refractivity contribution in [1.29, 1.82) is 0 Å². The summed E-state index contributed by atoms with van der Waals surface area (Å²) in [5, 5.41) is 5.81. The van der Waals surface area contributed by atoms with Gasteiger partial charge in [-0.05, 0) is 96.3 Å². The van der Waals surface area contributed by atoms with Crippen molar-refractivity contribution in [1.82, 2.24) is 0 Å². The number of anilines is 1. The molecule has 2 aliphatic rings. The van der Waals surface area contributed by atoms with E-state index < -0.39 is 22.8 Å². The van der Waals surface area contributed by atoms with Crippen LogP contribution in [0.4, 0.5) is 18.9 Å². The van der Waals surface area contributed by atoms with E-state index in [-0.39, 0.29) is 11.9 Å². The van der Waals surface area contributed by atoms with Gasteiger partial charge in [0.2, 0.25) is 0 Å². The highest BCUT2D eigenvalue weighted by atomic mass is 19.4. The third kappa shape index (κ3) is 5.14. The Kier molecular flexibility index (Phi) is 7.03. The zero-order valence-electron chi connectivity index (χ0n) is 26.0. The Hall–Kier alpha value is -4.91. The molecular weight excluding hydrogens is 587 g/mol. The largest absolute Gasteiger partial charge is 0.496 e. The van der Waals surface area contributed by atoms with Crippen molar-refractivity contribution in [2.24, 2.45) is 0 Å². The van der Waals surface area contributed by atoms with E-state index in [4.69, 9.17) is 14.2 Å². The Balaban J connectivity index is 1.31. The Morgan fingerprint density at radius 1 is 0.848 bits per heavy atom. The van der Waals surface area contributed by atoms with E-state index in [0.717, 1.165) is 44.5 Å². The lowest BCUT2D eigenvalue weighted by atomic mass is 9.70. The molecule has 0 fully saturated rings. The molecule has 0 spiro atoms. The molecule has 46 heavy (non-hydrogen) atoms. The first kappa shape index (κ1) is 29.8. The monoisotopic (exact) mass is 621 g/mol. The highest BCUT2D eigenvalue weighted by molar-refractivity contribution is 5.93. The quantitative estimate of drug-likeness (QED) is 0.212. The third-order valence-electron chi connectivity index (χ3n) is 8.77. The van der Waals surface area contributed by atoms with Crippen molar-refractivity contribution in [3.8, 4) is 17.2 Å². The number of fused-ring (bicyclic) bond motifs is 4. The summed E-state index contributed by atoms with van der Waals surface area (Å²) in [7, 11) is 1.25. The van der Waals surface area contributed by atoms with Crippen LogP contribution in [0.25, 0.3) is 16.8 Å². The topological polar surface area (TPSA) is 39.7 Å². The van der Waals surface area contributed by atoms with Crippen molar-refractivity contribution in [2.45, 2.75) is 44.1 Å². The first-order valence-corrected chi connectivity index (χ1v) is 15.3. The number of ether oxygens (including phenoxy) is 3. The van der Waals surface area contributed by atoms with Crippen LogP contribution in [0, 0.1) is 0 Å². The Morgan fingerprint density at radius 3 is 2.35 bits per heavy atom. The van der Waals surface area contributed by atoms with E-state index in [9.17, 15) is 13.2 Å². The SMILES string of the molecule is COc1ccc(C2(c3ccc(OC(C)(C)C)cc3)CNc3cc(C4C=Cc5c(ccc6ccccc56)O4)ccc32)cc1C(F)(F)F. The summed E-state index contributed by atoms with van der Waals surface area (Å²) in [6, 6.07) is 30.3. The molecule has 0 aliphatic carbocycles. The van der Waals surface area contributed by atoms with Gasteiger partial charge in [-0.3, -0.25) is 0 Å². The normalized spacial score (nSPS) is 18.8. The number of nitrogens with one attached hydrogen (secondary N) is 1. The van der Waals surface area contributed by atoms with Crippen LogP contribution >= 0.6 is 0 Å². The number of benzene rings is 5. The van der Waals surface area contributed by atoms with E-state index in [1.165, 1.54) is 19.2 Å². The van der Waals surface area contributed by atoms with Gasteiger partial charge in [-0.25, -0.2) is 0 Å². The van der Waals surface area contributed by atoms with Crippen LogP contribution in [0.3, 0.4) is 0 Å². The first-order chi connectivity index (χ1) is 22.0. The minimum absolute atomic E-state index is 0.212. The molecule has 5 aromatic rings. The van der Waals surface area contributed by atoms with E-state index in [0.29, 0.717) is 17.9 Å². The zero-order chi connectivity index (χ0) is 32.3. The molecule has 2 aliphatic heterocycles. The van der Waals surface area contributed by atoms with E-state index >= 15 is 0 Å². The molecule has 4 nitrogen and oxygen atoms in total. The molecule has 0 saturated heterocycles. The number of hydrogen-bond acceptors (Lipinski definition) is 4. The van der Waals surface area contributed by atoms with Gasteiger partial charge in [0.25, 0.3) is 0 Å². The summed E-state index contributed by atoms with van der Waals surface area (Å²) in [4.78, 5) is 0. The lowest BCUT2D eigenvalue weighted by Gasteiger charge is -2.32. The van der Waals surface area contributed by atoms with Crippen LogP contribution in [-0.2, 0) is 11.6 Å². The number of hydrogen-bond donors (Lipinski definition) is 1. The molecule has 234 valence electrons. The Bertz CT molecular complexity index is 1970. The Morgan fingerprint density at radius 2 is 1.61 bits per heavy atom. The third-order valence-corrected chi connectivity index (χ3v) is 8.77. The second-order valence-corrected chi connectivity index (χ2v) is 12.8. The molecule has 5 aromatic carbocycles. The molecular formula is C39H34F3NO3. The highest BCUT2D eigenvalue weighted by Gasteiger charge is 2.45.